The van der Waals surface area contributed by atoms with E-state index in [1.807, 2.05) is 25.1 Å². The van der Waals surface area contributed by atoms with Gasteiger partial charge in [-0.2, -0.15) is 0 Å². The highest BCUT2D eigenvalue weighted by Crippen LogP contribution is 2.31. The Hall–Kier alpha value is -1.07. The molecule has 31 heavy (non-hydrogen) atoms. The Labute approximate surface area is 205 Å². The van der Waals surface area contributed by atoms with Gasteiger partial charge in [0, 0.05) is 18.7 Å². The lowest BCUT2D eigenvalue weighted by Crippen LogP contribution is -2.42. The van der Waals surface area contributed by atoms with Crippen molar-refractivity contribution in [3.63, 3.8) is 0 Å². The van der Waals surface area contributed by atoms with E-state index in [9.17, 15) is 8.42 Å². The number of guanidine groups is 1. The minimum Gasteiger partial charge on any atom is -0.496 e. The maximum absolute atomic E-state index is 12.4. The number of likely N-dealkylation sites (tertiary alicyclic amines) is 1. The molecule has 2 N–H and O–H groups in total. The molecule has 1 aliphatic rings. The Morgan fingerprint density at radius 2 is 1.84 bits per heavy atom. The number of rotatable bonds is 9. The van der Waals surface area contributed by atoms with Crippen LogP contribution in [-0.2, 0) is 9.84 Å². The summed E-state index contributed by atoms with van der Waals surface area (Å²) in [5, 5.41) is 6.41. The van der Waals surface area contributed by atoms with E-state index in [-0.39, 0.29) is 35.8 Å². The Kier molecular flexibility index (Phi) is 11.6. The molecule has 1 atom stereocenters. The molecule has 0 aromatic heterocycles. The molecule has 0 radical (unpaired) electrons. The summed E-state index contributed by atoms with van der Waals surface area (Å²) < 4.78 is 29.6. The van der Waals surface area contributed by atoms with E-state index < -0.39 is 14.6 Å². The van der Waals surface area contributed by atoms with Crippen LogP contribution in [-0.4, -0.2) is 69.6 Å². The summed E-state index contributed by atoms with van der Waals surface area (Å²) in [7, 11) is -1.48. The van der Waals surface area contributed by atoms with E-state index >= 15 is 0 Å². The summed E-state index contributed by atoms with van der Waals surface area (Å²) >= 11 is 0. The second-order valence-corrected chi connectivity index (χ2v) is 11.4. The summed E-state index contributed by atoms with van der Waals surface area (Å²) in [5.41, 5.74) is 1.14. The van der Waals surface area contributed by atoms with E-state index in [0.717, 1.165) is 24.4 Å². The highest BCUT2D eigenvalue weighted by molar-refractivity contribution is 14.0. The average Bonchev–Trinajstić information content (AvgIpc) is 3.22. The number of para-hydroxylation sites is 1. The molecule has 7 nitrogen and oxygen atoms in total. The van der Waals surface area contributed by atoms with Crippen LogP contribution in [0.15, 0.2) is 29.3 Å². The molecule has 1 fully saturated rings. The molecule has 0 bridgehead atoms. The Morgan fingerprint density at radius 3 is 2.42 bits per heavy atom. The monoisotopic (exact) mass is 566 g/mol. The van der Waals surface area contributed by atoms with Crippen LogP contribution >= 0.6 is 24.0 Å². The van der Waals surface area contributed by atoms with Gasteiger partial charge in [0.05, 0.1) is 30.2 Å². The maximum Gasteiger partial charge on any atom is 0.191 e. The molecule has 0 aliphatic carbocycles. The number of ether oxygens (including phenoxy) is 1. The Bertz CT molecular complexity index is 803. The van der Waals surface area contributed by atoms with Gasteiger partial charge in [-0.3, -0.25) is 9.89 Å². The molecule has 1 aromatic carbocycles. The van der Waals surface area contributed by atoms with Crippen molar-refractivity contribution in [1.82, 2.24) is 15.5 Å². The number of sulfone groups is 1. The van der Waals surface area contributed by atoms with Crippen molar-refractivity contribution in [3.05, 3.63) is 29.8 Å². The Balaban J connectivity index is 0.00000480. The fourth-order valence-electron chi connectivity index (χ4n) is 3.53. The van der Waals surface area contributed by atoms with E-state index in [4.69, 9.17) is 9.73 Å². The first-order chi connectivity index (χ1) is 14.2. The predicted octanol–water partition coefficient (Wildman–Crippen LogP) is 3.22. The van der Waals surface area contributed by atoms with E-state index in [1.165, 1.54) is 12.8 Å². The number of nitrogens with one attached hydrogen (secondary N) is 2. The fourth-order valence-corrected chi connectivity index (χ4v) is 4.52. The van der Waals surface area contributed by atoms with Crippen LogP contribution in [0.25, 0.3) is 0 Å². The molecular weight excluding hydrogens is 527 g/mol. The molecule has 0 spiro atoms. The third kappa shape index (κ3) is 8.09. The first kappa shape index (κ1) is 28.0. The van der Waals surface area contributed by atoms with Crippen LogP contribution in [0.2, 0.25) is 0 Å². The second kappa shape index (κ2) is 12.8. The van der Waals surface area contributed by atoms with Crippen molar-refractivity contribution >= 4 is 39.8 Å². The van der Waals surface area contributed by atoms with E-state index in [1.54, 1.807) is 27.9 Å². The lowest BCUT2D eigenvalue weighted by Gasteiger charge is -2.28. The lowest BCUT2D eigenvalue weighted by atomic mass is 10.0. The molecule has 2 rings (SSSR count). The number of hydrogen-bond donors (Lipinski definition) is 2. The summed E-state index contributed by atoms with van der Waals surface area (Å²) in [5.74, 6) is 1.59. The van der Waals surface area contributed by atoms with Crippen molar-refractivity contribution in [3.8, 4) is 5.75 Å². The first-order valence-corrected chi connectivity index (χ1v) is 12.5. The molecule has 0 amide bonds. The van der Waals surface area contributed by atoms with Gasteiger partial charge in [0.25, 0.3) is 0 Å². The molecule has 9 heteroatoms. The second-order valence-electron chi connectivity index (χ2n) is 8.58. The largest absolute Gasteiger partial charge is 0.496 e. The smallest absolute Gasteiger partial charge is 0.191 e. The fraction of sp³-hybridized carbons (Fsp3) is 0.682. The molecular formula is C22H39IN4O3S. The number of hydrogen-bond acceptors (Lipinski definition) is 5. The van der Waals surface area contributed by atoms with Crippen LogP contribution in [0.3, 0.4) is 0 Å². The van der Waals surface area contributed by atoms with Crippen LogP contribution in [0.1, 0.15) is 52.1 Å². The number of aliphatic imine (C=N–C) groups is 1. The molecule has 178 valence electrons. The lowest BCUT2D eigenvalue weighted by molar-refractivity contribution is 0.245. The predicted molar refractivity (Wildman–Crippen MR) is 139 cm³/mol. The van der Waals surface area contributed by atoms with Crippen molar-refractivity contribution in [2.45, 2.75) is 51.3 Å². The maximum atomic E-state index is 12.4. The molecule has 1 aromatic rings. The summed E-state index contributed by atoms with van der Waals surface area (Å²) in [6, 6.07) is 8.23. The highest BCUT2D eigenvalue weighted by Gasteiger charge is 2.28. The summed E-state index contributed by atoms with van der Waals surface area (Å²) in [6.45, 7) is 10.9. The van der Waals surface area contributed by atoms with Gasteiger partial charge in [0.15, 0.2) is 15.8 Å². The van der Waals surface area contributed by atoms with E-state index in [2.05, 4.69) is 21.6 Å². The van der Waals surface area contributed by atoms with Crippen LogP contribution < -0.4 is 15.4 Å². The summed E-state index contributed by atoms with van der Waals surface area (Å²) in [6.07, 6.45) is 2.39. The van der Waals surface area contributed by atoms with Gasteiger partial charge in [-0.05, 0) is 59.7 Å². The third-order valence-corrected chi connectivity index (χ3v) is 8.05. The zero-order valence-corrected chi connectivity index (χ0v) is 22.6. The van der Waals surface area contributed by atoms with Gasteiger partial charge in [-0.25, -0.2) is 8.42 Å². The van der Waals surface area contributed by atoms with Gasteiger partial charge >= 0.3 is 0 Å². The average molecular weight is 567 g/mol. The molecule has 0 saturated carbocycles. The molecule has 1 heterocycles. The van der Waals surface area contributed by atoms with Crippen molar-refractivity contribution in [1.29, 1.82) is 0 Å². The van der Waals surface area contributed by atoms with Gasteiger partial charge < -0.3 is 15.4 Å². The minimum absolute atomic E-state index is 0. The highest BCUT2D eigenvalue weighted by atomic mass is 127. The van der Waals surface area contributed by atoms with Crippen LogP contribution in [0, 0.1) is 0 Å². The van der Waals surface area contributed by atoms with Crippen LogP contribution in [0.5, 0.6) is 5.75 Å². The first-order valence-electron chi connectivity index (χ1n) is 10.8. The normalized spacial score (nSPS) is 16.5. The number of halogens is 1. The zero-order valence-electron chi connectivity index (χ0n) is 19.5. The van der Waals surface area contributed by atoms with E-state index in [0.29, 0.717) is 25.6 Å². The zero-order chi connectivity index (χ0) is 22.2. The van der Waals surface area contributed by atoms with Crippen molar-refractivity contribution in [2.75, 3.05) is 45.6 Å². The van der Waals surface area contributed by atoms with Crippen molar-refractivity contribution < 1.29 is 13.2 Å². The van der Waals surface area contributed by atoms with Gasteiger partial charge in [0.1, 0.15) is 5.75 Å². The number of benzene rings is 1. The molecule has 1 saturated heterocycles. The number of methoxy groups -OCH3 is 1. The summed E-state index contributed by atoms with van der Waals surface area (Å²) in [4.78, 5) is 7.25. The van der Waals surface area contributed by atoms with Gasteiger partial charge in [0.2, 0.25) is 0 Å². The quantitative estimate of drug-likeness (QED) is 0.272. The molecule has 1 aliphatic heterocycles. The van der Waals surface area contributed by atoms with Gasteiger partial charge in [-0.15, -0.1) is 24.0 Å². The topological polar surface area (TPSA) is 83.0 Å². The number of nitrogens with zero attached hydrogens (tertiary/aromatic N) is 2. The van der Waals surface area contributed by atoms with Crippen LogP contribution in [0.4, 0.5) is 0 Å². The minimum atomic E-state index is -3.17. The third-order valence-electron chi connectivity index (χ3n) is 5.44. The Morgan fingerprint density at radius 1 is 1.19 bits per heavy atom. The van der Waals surface area contributed by atoms with Crippen molar-refractivity contribution in [2.24, 2.45) is 4.99 Å². The standard InChI is InChI=1S/C22H38N4O3S.HI/c1-6-23-21(24-13-16-30(27,28)22(2,3)4)25-17-19(26-14-9-10-15-26)18-11-7-8-12-20(18)29-5;/h7-8,11-12,19H,6,9-10,13-17H2,1-5H3,(H2,23,24,25);1H. The van der Waals surface area contributed by atoms with Gasteiger partial charge in [-0.1, -0.05) is 18.2 Å². The molecule has 1 unspecified atom stereocenters. The SMILES string of the molecule is CCNC(=NCC(c1ccccc1OC)N1CCCC1)NCCS(=O)(=O)C(C)(C)C.I.